The van der Waals surface area contributed by atoms with E-state index >= 15 is 0 Å². The van der Waals surface area contributed by atoms with Gasteiger partial charge in [-0.3, -0.25) is 14.8 Å². The van der Waals surface area contributed by atoms with Crippen LogP contribution in [0.1, 0.15) is 55.9 Å². The molecule has 3 aromatic heterocycles. The van der Waals surface area contributed by atoms with Crippen LogP contribution in [0.5, 0.6) is 5.75 Å². The Hall–Kier alpha value is -2.85. The van der Waals surface area contributed by atoms with Crippen LogP contribution in [0.15, 0.2) is 36.9 Å². The van der Waals surface area contributed by atoms with Crippen molar-refractivity contribution in [1.29, 1.82) is 0 Å². The van der Waals surface area contributed by atoms with Crippen LogP contribution in [-0.2, 0) is 14.6 Å². The number of halogens is 1. The molecular weight excluding hydrogens is 485 g/mol. The fourth-order valence-corrected chi connectivity index (χ4v) is 7.54. The van der Waals surface area contributed by atoms with Gasteiger partial charge in [-0.1, -0.05) is 6.92 Å². The molecule has 10 heteroatoms. The number of sulfone groups is 1. The maximum atomic E-state index is 13.4. The molecule has 2 atom stereocenters. The molecule has 0 saturated carbocycles. The molecule has 2 saturated heterocycles. The van der Waals surface area contributed by atoms with Gasteiger partial charge in [-0.2, -0.15) is 0 Å². The van der Waals surface area contributed by atoms with Gasteiger partial charge in [0.1, 0.15) is 5.75 Å². The van der Waals surface area contributed by atoms with Crippen molar-refractivity contribution in [2.45, 2.75) is 51.9 Å². The van der Waals surface area contributed by atoms with Gasteiger partial charge in [0, 0.05) is 67.9 Å². The summed E-state index contributed by atoms with van der Waals surface area (Å²) in [6, 6.07) is 3.76. The summed E-state index contributed by atoms with van der Waals surface area (Å²) in [5.74, 6) is 0.370. The molecule has 5 rings (SSSR count). The molecule has 36 heavy (non-hydrogen) atoms. The first-order chi connectivity index (χ1) is 17.1. The Bertz CT molecular complexity index is 1400. The largest absolute Gasteiger partial charge is 0.459 e. The molecule has 2 aliphatic rings. The molecule has 1 unspecified atom stereocenters. The van der Waals surface area contributed by atoms with E-state index in [2.05, 4.69) is 14.5 Å². The number of ether oxygens (including phenoxy) is 2. The highest BCUT2D eigenvalue weighted by Gasteiger charge is 2.40. The van der Waals surface area contributed by atoms with Crippen molar-refractivity contribution in [3.05, 3.63) is 42.5 Å². The highest BCUT2D eigenvalue weighted by molar-refractivity contribution is 7.91. The maximum absolute atomic E-state index is 13.4. The number of nitrogens with zero attached hydrogens (tertiary/aromatic N) is 3. The van der Waals surface area contributed by atoms with E-state index < -0.39 is 21.6 Å². The number of rotatable bonds is 7. The lowest BCUT2D eigenvalue weighted by Crippen LogP contribution is -2.22. The molecule has 0 radical (unpaired) electrons. The minimum Gasteiger partial charge on any atom is -0.459 e. The summed E-state index contributed by atoms with van der Waals surface area (Å²) < 4.78 is 50.3. The van der Waals surface area contributed by atoms with Gasteiger partial charge in [0.25, 0.3) is 0 Å². The minimum atomic E-state index is -3.10. The van der Waals surface area contributed by atoms with Crippen molar-refractivity contribution in [1.82, 2.24) is 14.5 Å². The van der Waals surface area contributed by atoms with E-state index in [1.165, 1.54) is 13.1 Å². The van der Waals surface area contributed by atoms with Crippen LogP contribution in [0.25, 0.3) is 22.2 Å². The zero-order valence-electron chi connectivity index (χ0n) is 20.4. The predicted molar refractivity (Wildman–Crippen MR) is 134 cm³/mol. The summed E-state index contributed by atoms with van der Waals surface area (Å²) in [4.78, 5) is 22.1. The highest BCUT2D eigenvalue weighted by atomic mass is 32.2. The van der Waals surface area contributed by atoms with Crippen LogP contribution >= 0.6 is 0 Å². The van der Waals surface area contributed by atoms with Crippen molar-refractivity contribution >= 4 is 26.7 Å². The Kier molecular flexibility index (Phi) is 6.59. The van der Waals surface area contributed by atoms with Crippen molar-refractivity contribution in [3.63, 3.8) is 0 Å². The van der Waals surface area contributed by atoms with Gasteiger partial charge >= 0.3 is 0 Å². The minimum absolute atomic E-state index is 0.0346. The lowest BCUT2D eigenvalue weighted by Gasteiger charge is -2.24. The standard InChI is InChI=1S/C26H30FN3O5S/c1-17(27)35-21-9-18(12-28-14-21)22-15-30(20-3-6-34-7-4-20)23-10-19(13-29-25(22)23)24(31)11-26(2)5-8-36(32,33)16-26/h9-10,12-15,17,20H,3-8,11,16H2,1-2H3/t17?,26-/m1/s1. The highest BCUT2D eigenvalue weighted by Crippen LogP contribution is 2.38. The number of hydrogen-bond donors (Lipinski definition) is 0. The summed E-state index contributed by atoms with van der Waals surface area (Å²) in [5.41, 5.74) is 2.98. The second kappa shape index (κ2) is 9.55. The fourth-order valence-electron chi connectivity index (χ4n) is 5.28. The molecule has 8 nitrogen and oxygen atoms in total. The molecule has 0 amide bonds. The Morgan fingerprint density at radius 2 is 2.06 bits per heavy atom. The summed E-state index contributed by atoms with van der Waals surface area (Å²) in [5, 5.41) is 0. The Labute approximate surface area is 209 Å². The van der Waals surface area contributed by atoms with Crippen LogP contribution < -0.4 is 4.74 Å². The third-order valence-corrected chi connectivity index (χ3v) is 9.03. The Morgan fingerprint density at radius 3 is 2.75 bits per heavy atom. The number of carbonyl (C=O) groups is 1. The third kappa shape index (κ3) is 5.15. The van der Waals surface area contributed by atoms with Crippen LogP contribution in [0.3, 0.4) is 0 Å². The first kappa shape index (κ1) is 24.8. The zero-order chi connectivity index (χ0) is 25.5. The van der Waals surface area contributed by atoms with Crippen LogP contribution in [-0.4, -0.2) is 59.8 Å². The number of pyridine rings is 2. The molecular formula is C26H30FN3O5S. The topological polar surface area (TPSA) is 100 Å². The number of ketones is 1. The monoisotopic (exact) mass is 515 g/mol. The van der Waals surface area contributed by atoms with Crippen LogP contribution in [0, 0.1) is 5.41 Å². The molecule has 0 aromatic carbocycles. The number of alkyl halides is 1. The summed E-state index contributed by atoms with van der Waals surface area (Å²) in [6.45, 7) is 4.48. The number of carbonyl (C=O) groups excluding carboxylic acids is 1. The number of hydrogen-bond acceptors (Lipinski definition) is 7. The van der Waals surface area contributed by atoms with Gasteiger partial charge in [-0.05, 0) is 36.8 Å². The van der Waals surface area contributed by atoms with Gasteiger partial charge < -0.3 is 14.0 Å². The second-order valence-electron chi connectivity index (χ2n) is 10.2. The van der Waals surface area contributed by atoms with E-state index in [0.29, 0.717) is 36.5 Å². The van der Waals surface area contributed by atoms with E-state index in [4.69, 9.17) is 9.47 Å². The van der Waals surface area contributed by atoms with Gasteiger partial charge in [0.15, 0.2) is 15.6 Å². The van der Waals surface area contributed by atoms with Gasteiger partial charge in [0.05, 0.1) is 28.7 Å². The summed E-state index contributed by atoms with van der Waals surface area (Å²) in [6.07, 6.45) is 7.56. The molecule has 192 valence electrons. The molecule has 0 spiro atoms. The molecule has 0 bridgehead atoms. The van der Waals surface area contributed by atoms with Crippen LogP contribution in [0.4, 0.5) is 4.39 Å². The Morgan fingerprint density at radius 1 is 1.28 bits per heavy atom. The zero-order valence-corrected chi connectivity index (χ0v) is 21.3. The SMILES string of the molecule is CC(F)Oc1cncc(-c2cn(C3CCOCC3)c3cc(C(=O)C[C@@]4(C)CCS(=O)(=O)C4)cnc23)c1. The van der Waals surface area contributed by atoms with Crippen LogP contribution in [0.2, 0.25) is 0 Å². The molecule has 2 fully saturated rings. The maximum Gasteiger partial charge on any atom is 0.235 e. The van der Waals surface area contributed by atoms with Gasteiger partial charge in [-0.25, -0.2) is 12.8 Å². The van der Waals surface area contributed by atoms with E-state index in [1.54, 1.807) is 18.5 Å². The van der Waals surface area contributed by atoms with E-state index in [0.717, 1.165) is 29.5 Å². The summed E-state index contributed by atoms with van der Waals surface area (Å²) >= 11 is 0. The Balaban J connectivity index is 1.54. The second-order valence-corrected chi connectivity index (χ2v) is 12.4. The molecule has 3 aromatic rings. The van der Waals surface area contributed by atoms with Crippen molar-refractivity contribution in [2.75, 3.05) is 24.7 Å². The molecule has 5 heterocycles. The smallest absolute Gasteiger partial charge is 0.235 e. The first-order valence-corrected chi connectivity index (χ1v) is 14.0. The quantitative estimate of drug-likeness (QED) is 0.426. The summed E-state index contributed by atoms with van der Waals surface area (Å²) in [7, 11) is -3.10. The van der Waals surface area contributed by atoms with Crippen molar-refractivity contribution in [2.24, 2.45) is 5.41 Å². The van der Waals surface area contributed by atoms with E-state index in [1.807, 2.05) is 19.2 Å². The van der Waals surface area contributed by atoms with E-state index in [9.17, 15) is 17.6 Å². The van der Waals surface area contributed by atoms with Gasteiger partial charge in [0.2, 0.25) is 6.36 Å². The first-order valence-electron chi connectivity index (χ1n) is 12.2. The molecule has 0 N–H and O–H groups in total. The number of fused-ring (bicyclic) bond motifs is 1. The normalized spacial score (nSPS) is 23.1. The average molecular weight is 516 g/mol. The fraction of sp³-hybridized carbons (Fsp3) is 0.500. The third-order valence-electron chi connectivity index (χ3n) is 7.07. The van der Waals surface area contributed by atoms with Crippen molar-refractivity contribution < 1.29 is 27.1 Å². The number of Topliss-reactive ketones (excluding diaryl/α,β-unsaturated/α-hetero) is 1. The lowest BCUT2D eigenvalue weighted by atomic mass is 9.83. The van der Waals surface area contributed by atoms with E-state index in [-0.39, 0.29) is 29.8 Å². The number of aromatic nitrogens is 3. The average Bonchev–Trinajstić information content (AvgIpc) is 3.35. The molecule has 2 aliphatic heterocycles. The van der Waals surface area contributed by atoms with Crippen molar-refractivity contribution in [3.8, 4) is 16.9 Å². The van der Waals surface area contributed by atoms with Gasteiger partial charge in [-0.15, -0.1) is 0 Å². The predicted octanol–water partition coefficient (Wildman–Crippen LogP) is 4.54. The molecule has 0 aliphatic carbocycles. The lowest BCUT2D eigenvalue weighted by molar-refractivity contribution is 0.0707.